The highest BCUT2D eigenvalue weighted by atomic mass is 79.9. The first kappa shape index (κ1) is 15.6. The number of hydrogen-bond acceptors (Lipinski definition) is 4. The predicted molar refractivity (Wildman–Crippen MR) is 82.5 cm³/mol. The summed E-state index contributed by atoms with van der Waals surface area (Å²) in [6.45, 7) is 2.92. The monoisotopic (exact) mass is 355 g/mol. The highest BCUT2D eigenvalue weighted by molar-refractivity contribution is 9.10. The molecule has 0 radical (unpaired) electrons. The molecule has 0 saturated carbocycles. The molecule has 0 spiro atoms. The van der Waals surface area contributed by atoms with Crippen LogP contribution in [0.2, 0.25) is 0 Å². The van der Waals surface area contributed by atoms with E-state index >= 15 is 0 Å². The number of carbonyl (C=O) groups is 1. The summed E-state index contributed by atoms with van der Waals surface area (Å²) in [6, 6.07) is 4.81. The fourth-order valence-electron chi connectivity index (χ4n) is 2.44. The van der Waals surface area contributed by atoms with E-state index in [-0.39, 0.29) is 23.1 Å². The van der Waals surface area contributed by atoms with E-state index < -0.39 is 5.41 Å². The first-order valence-corrected chi connectivity index (χ1v) is 7.42. The van der Waals surface area contributed by atoms with Crippen LogP contribution in [0.1, 0.15) is 30.1 Å². The Morgan fingerprint density at radius 1 is 1.43 bits per heavy atom. The molecule has 1 amide bonds. The Bertz CT molecular complexity index is 581. The first-order chi connectivity index (χ1) is 9.87. The van der Waals surface area contributed by atoms with Crippen molar-refractivity contribution in [1.29, 1.82) is 0 Å². The number of oxime groups is 1. The molecule has 2 rings (SSSR count). The van der Waals surface area contributed by atoms with Crippen LogP contribution in [0.4, 0.5) is 0 Å². The largest absolute Gasteiger partial charge is 0.507 e. The van der Waals surface area contributed by atoms with Crippen LogP contribution in [-0.4, -0.2) is 40.0 Å². The standard InChI is InChI=1S/C14H18BrN3O3/c1-14(13(16)17-21)4-6-18(7-5-14)12(20)10-3-2-9(15)8-11(10)19/h2-3,8,19,21H,4-7H2,1H3,(H2,16,17). The molecule has 0 bridgehead atoms. The summed E-state index contributed by atoms with van der Waals surface area (Å²) in [6.07, 6.45) is 1.23. The third kappa shape index (κ3) is 3.12. The summed E-state index contributed by atoms with van der Waals surface area (Å²) in [7, 11) is 0. The molecule has 7 heteroatoms. The van der Waals surface area contributed by atoms with E-state index in [0.717, 1.165) is 4.47 Å². The Morgan fingerprint density at radius 2 is 2.05 bits per heavy atom. The van der Waals surface area contributed by atoms with Crippen LogP contribution < -0.4 is 5.73 Å². The summed E-state index contributed by atoms with van der Waals surface area (Å²) in [4.78, 5) is 14.1. The van der Waals surface area contributed by atoms with E-state index in [0.29, 0.717) is 25.9 Å². The SMILES string of the molecule is CC1(/C(N)=N/O)CCN(C(=O)c2ccc(Br)cc2O)CC1. The van der Waals surface area contributed by atoms with Gasteiger partial charge in [-0.15, -0.1) is 0 Å². The number of benzene rings is 1. The van der Waals surface area contributed by atoms with Gasteiger partial charge in [0.05, 0.1) is 5.56 Å². The maximum absolute atomic E-state index is 12.4. The topological polar surface area (TPSA) is 99.2 Å². The van der Waals surface area contributed by atoms with Crippen molar-refractivity contribution in [2.75, 3.05) is 13.1 Å². The second-order valence-electron chi connectivity index (χ2n) is 5.50. The lowest BCUT2D eigenvalue weighted by Gasteiger charge is -2.38. The van der Waals surface area contributed by atoms with Crippen molar-refractivity contribution >= 4 is 27.7 Å². The number of aromatic hydroxyl groups is 1. The minimum Gasteiger partial charge on any atom is -0.507 e. The average Bonchev–Trinajstić information content (AvgIpc) is 2.46. The van der Waals surface area contributed by atoms with E-state index in [9.17, 15) is 9.90 Å². The Hall–Kier alpha value is -1.76. The summed E-state index contributed by atoms with van der Waals surface area (Å²) < 4.78 is 0.717. The smallest absolute Gasteiger partial charge is 0.257 e. The minimum absolute atomic E-state index is 0.0425. The lowest BCUT2D eigenvalue weighted by Crippen LogP contribution is -2.47. The predicted octanol–water partition coefficient (Wildman–Crippen LogP) is 2.14. The molecule has 1 fully saturated rings. The lowest BCUT2D eigenvalue weighted by atomic mass is 9.79. The summed E-state index contributed by atoms with van der Waals surface area (Å²) in [5, 5.41) is 21.8. The quantitative estimate of drug-likeness (QED) is 0.327. The zero-order chi connectivity index (χ0) is 15.6. The van der Waals surface area contributed by atoms with Crippen molar-refractivity contribution in [2.45, 2.75) is 19.8 Å². The van der Waals surface area contributed by atoms with Crippen LogP contribution in [0.3, 0.4) is 0 Å². The fraction of sp³-hybridized carbons (Fsp3) is 0.429. The molecule has 1 heterocycles. The molecular weight excluding hydrogens is 338 g/mol. The van der Waals surface area contributed by atoms with Crippen LogP contribution in [0.15, 0.2) is 27.8 Å². The molecule has 21 heavy (non-hydrogen) atoms. The van der Waals surface area contributed by atoms with Crippen molar-refractivity contribution in [2.24, 2.45) is 16.3 Å². The Balaban J connectivity index is 2.10. The number of hydrogen-bond donors (Lipinski definition) is 3. The van der Waals surface area contributed by atoms with Gasteiger partial charge >= 0.3 is 0 Å². The maximum Gasteiger partial charge on any atom is 0.257 e. The van der Waals surface area contributed by atoms with Crippen molar-refractivity contribution in [3.8, 4) is 5.75 Å². The number of amides is 1. The van der Waals surface area contributed by atoms with Crippen LogP contribution in [0.5, 0.6) is 5.75 Å². The number of phenols is 1. The van der Waals surface area contributed by atoms with E-state index in [1.54, 1.807) is 17.0 Å². The average molecular weight is 356 g/mol. The number of nitrogens with zero attached hydrogens (tertiary/aromatic N) is 2. The van der Waals surface area contributed by atoms with Gasteiger partial charge in [-0.05, 0) is 31.0 Å². The molecule has 1 aliphatic heterocycles. The minimum atomic E-state index is -0.396. The number of nitrogens with two attached hydrogens (primary N) is 1. The van der Waals surface area contributed by atoms with Gasteiger partial charge in [0.1, 0.15) is 11.6 Å². The van der Waals surface area contributed by atoms with Gasteiger partial charge in [-0.1, -0.05) is 28.0 Å². The molecule has 1 aliphatic rings. The van der Waals surface area contributed by atoms with Gasteiger partial charge in [0.25, 0.3) is 5.91 Å². The Labute approximate surface area is 131 Å². The van der Waals surface area contributed by atoms with Crippen molar-refractivity contribution in [3.05, 3.63) is 28.2 Å². The number of carbonyl (C=O) groups excluding carboxylic acids is 1. The second-order valence-corrected chi connectivity index (χ2v) is 6.42. The molecule has 4 N–H and O–H groups in total. The number of likely N-dealkylation sites (tertiary alicyclic amines) is 1. The molecule has 0 unspecified atom stereocenters. The van der Waals surface area contributed by atoms with Crippen LogP contribution in [0.25, 0.3) is 0 Å². The number of phenolic OH excluding ortho intramolecular Hbond substituents is 1. The van der Waals surface area contributed by atoms with Gasteiger partial charge in [-0.2, -0.15) is 0 Å². The highest BCUT2D eigenvalue weighted by Crippen LogP contribution is 2.32. The summed E-state index contributed by atoms with van der Waals surface area (Å²) >= 11 is 3.24. The van der Waals surface area contributed by atoms with Crippen molar-refractivity contribution < 1.29 is 15.1 Å². The van der Waals surface area contributed by atoms with Gasteiger partial charge in [-0.25, -0.2) is 0 Å². The molecule has 0 aliphatic carbocycles. The molecule has 6 nitrogen and oxygen atoms in total. The van der Waals surface area contributed by atoms with Crippen LogP contribution >= 0.6 is 15.9 Å². The van der Waals surface area contributed by atoms with Crippen LogP contribution in [0, 0.1) is 5.41 Å². The zero-order valence-electron chi connectivity index (χ0n) is 11.7. The molecule has 1 saturated heterocycles. The Morgan fingerprint density at radius 3 is 2.57 bits per heavy atom. The van der Waals surface area contributed by atoms with E-state index in [2.05, 4.69) is 21.1 Å². The van der Waals surface area contributed by atoms with Gasteiger partial charge in [0.15, 0.2) is 0 Å². The number of amidine groups is 1. The normalized spacial score (nSPS) is 18.6. The van der Waals surface area contributed by atoms with E-state index in [1.807, 2.05) is 6.92 Å². The zero-order valence-corrected chi connectivity index (χ0v) is 13.3. The van der Waals surface area contributed by atoms with Crippen LogP contribution in [-0.2, 0) is 0 Å². The fourth-order valence-corrected chi connectivity index (χ4v) is 2.79. The molecular formula is C14H18BrN3O3. The first-order valence-electron chi connectivity index (χ1n) is 6.63. The summed E-state index contributed by atoms with van der Waals surface area (Å²) in [5.74, 6) is -0.0539. The summed E-state index contributed by atoms with van der Waals surface area (Å²) in [5.41, 5.74) is 5.59. The van der Waals surface area contributed by atoms with Gasteiger partial charge in [0.2, 0.25) is 0 Å². The van der Waals surface area contributed by atoms with Gasteiger partial charge in [0, 0.05) is 23.0 Å². The number of rotatable bonds is 2. The highest BCUT2D eigenvalue weighted by Gasteiger charge is 2.36. The molecule has 1 aromatic rings. The second kappa shape index (κ2) is 5.93. The molecule has 114 valence electrons. The number of piperidine rings is 1. The number of halogens is 1. The van der Waals surface area contributed by atoms with Crippen molar-refractivity contribution in [3.63, 3.8) is 0 Å². The van der Waals surface area contributed by atoms with Gasteiger partial charge in [-0.3, -0.25) is 4.79 Å². The molecule has 0 atom stereocenters. The van der Waals surface area contributed by atoms with E-state index in [4.69, 9.17) is 10.9 Å². The van der Waals surface area contributed by atoms with E-state index in [1.165, 1.54) is 6.07 Å². The Kier molecular flexibility index (Phi) is 4.41. The lowest BCUT2D eigenvalue weighted by molar-refractivity contribution is 0.0663. The van der Waals surface area contributed by atoms with Crippen molar-refractivity contribution in [1.82, 2.24) is 4.90 Å². The maximum atomic E-state index is 12.4. The molecule has 0 aromatic heterocycles. The third-order valence-corrected chi connectivity index (χ3v) is 4.56. The molecule has 1 aromatic carbocycles. The third-order valence-electron chi connectivity index (χ3n) is 4.07. The van der Waals surface area contributed by atoms with Gasteiger partial charge < -0.3 is 20.9 Å².